The van der Waals surface area contributed by atoms with E-state index in [4.69, 9.17) is 14.0 Å². The molecule has 1 aromatic rings. The van der Waals surface area contributed by atoms with Gasteiger partial charge in [-0.15, -0.1) is 0 Å². The monoisotopic (exact) mass is 373 g/mol. The molecular formula is C22H36BNO3. The second kappa shape index (κ2) is 7.42. The minimum atomic E-state index is -0.343. The molecule has 2 fully saturated rings. The molecule has 1 aromatic carbocycles. The van der Waals surface area contributed by atoms with Crippen molar-refractivity contribution in [2.24, 2.45) is 11.3 Å². The summed E-state index contributed by atoms with van der Waals surface area (Å²) in [6.07, 6.45) is 1.29. The molecular weight excluding hydrogens is 337 g/mol. The molecule has 0 aromatic heterocycles. The molecule has 1 atom stereocenters. The number of hydrogen-bond donors (Lipinski definition) is 0. The van der Waals surface area contributed by atoms with Crippen LogP contribution in [0.1, 0.15) is 54.9 Å². The van der Waals surface area contributed by atoms with Gasteiger partial charge >= 0.3 is 7.12 Å². The summed E-state index contributed by atoms with van der Waals surface area (Å²) in [5.41, 5.74) is 0.759. The summed E-state index contributed by atoms with van der Waals surface area (Å²) in [7, 11) is -0.343. The largest absolute Gasteiger partial charge is 0.494 e. The number of benzene rings is 1. The summed E-state index contributed by atoms with van der Waals surface area (Å²) < 4.78 is 18.3. The average Bonchev–Trinajstić information content (AvgIpc) is 3.10. The van der Waals surface area contributed by atoms with Crippen LogP contribution in [-0.4, -0.2) is 49.5 Å². The topological polar surface area (TPSA) is 30.9 Å². The number of nitrogens with zero attached hydrogens (tertiary/aromatic N) is 1. The fourth-order valence-electron chi connectivity index (χ4n) is 3.77. The maximum atomic E-state index is 6.15. The lowest BCUT2D eigenvalue weighted by molar-refractivity contribution is 0.00578. The third-order valence-corrected chi connectivity index (χ3v) is 6.56. The zero-order valence-corrected chi connectivity index (χ0v) is 18.2. The molecule has 4 nitrogen and oxygen atoms in total. The molecule has 1 unspecified atom stereocenters. The number of ether oxygens (including phenoxy) is 1. The Balaban J connectivity index is 1.52. The van der Waals surface area contributed by atoms with E-state index in [1.807, 2.05) is 24.3 Å². The Morgan fingerprint density at radius 1 is 1.15 bits per heavy atom. The fourth-order valence-corrected chi connectivity index (χ4v) is 3.77. The van der Waals surface area contributed by atoms with Crippen molar-refractivity contribution in [3.05, 3.63) is 24.3 Å². The second-order valence-electron chi connectivity index (χ2n) is 10.2. The van der Waals surface area contributed by atoms with Crippen LogP contribution in [0.5, 0.6) is 5.75 Å². The van der Waals surface area contributed by atoms with Crippen LogP contribution in [0.25, 0.3) is 0 Å². The Hall–Kier alpha value is -1.04. The van der Waals surface area contributed by atoms with E-state index in [9.17, 15) is 0 Å². The number of hydrogen-bond acceptors (Lipinski definition) is 4. The van der Waals surface area contributed by atoms with Crippen molar-refractivity contribution >= 4 is 12.6 Å². The van der Waals surface area contributed by atoms with Crippen molar-refractivity contribution in [1.82, 2.24) is 4.90 Å². The summed E-state index contributed by atoms with van der Waals surface area (Å²) in [5, 5.41) is 0. The smallest absolute Gasteiger partial charge is 0.492 e. The molecule has 5 heteroatoms. The summed E-state index contributed by atoms with van der Waals surface area (Å²) >= 11 is 0. The van der Waals surface area contributed by atoms with Gasteiger partial charge in [0.2, 0.25) is 0 Å². The Morgan fingerprint density at radius 3 is 2.41 bits per heavy atom. The standard InChI is InChI=1S/C22H36BNO3/c1-20(2,3)17-11-12-24(16-17)13-14-25-19-10-8-9-18(15-19)23-26-21(4,5)22(6,7)27-23/h8-10,15,17H,11-14,16H2,1-7H3. The van der Waals surface area contributed by atoms with E-state index in [0.29, 0.717) is 12.0 Å². The van der Waals surface area contributed by atoms with Gasteiger partial charge in [-0.05, 0) is 69.6 Å². The Morgan fingerprint density at radius 2 is 1.81 bits per heavy atom. The molecule has 0 spiro atoms. The lowest BCUT2D eigenvalue weighted by atomic mass is 9.79. The Bertz CT molecular complexity index is 637. The van der Waals surface area contributed by atoms with Crippen LogP contribution in [0.15, 0.2) is 24.3 Å². The van der Waals surface area contributed by atoms with Crippen LogP contribution in [0.4, 0.5) is 0 Å². The summed E-state index contributed by atoms with van der Waals surface area (Å²) in [5.74, 6) is 1.66. The summed E-state index contributed by atoms with van der Waals surface area (Å²) in [6, 6.07) is 8.12. The van der Waals surface area contributed by atoms with Gasteiger partial charge in [-0.2, -0.15) is 0 Å². The molecule has 2 saturated heterocycles. The van der Waals surface area contributed by atoms with Crippen molar-refractivity contribution in [2.75, 3.05) is 26.2 Å². The Kier molecular flexibility index (Phi) is 5.68. The fraction of sp³-hybridized carbons (Fsp3) is 0.727. The van der Waals surface area contributed by atoms with Crippen LogP contribution in [0.3, 0.4) is 0 Å². The van der Waals surface area contributed by atoms with Crippen LogP contribution in [0.2, 0.25) is 0 Å². The highest BCUT2D eigenvalue weighted by atomic mass is 16.7. The van der Waals surface area contributed by atoms with Crippen LogP contribution in [0, 0.1) is 11.3 Å². The summed E-state index contributed by atoms with van der Waals surface area (Å²) in [6.45, 7) is 19.4. The SMILES string of the molecule is CC(C)(C)C1CCN(CCOc2cccc(B3OC(C)(C)C(C)(C)O3)c2)C1. The van der Waals surface area contributed by atoms with E-state index in [2.05, 4.69) is 53.4 Å². The molecule has 2 aliphatic heterocycles. The first kappa shape index (κ1) is 20.7. The molecule has 0 N–H and O–H groups in total. The van der Waals surface area contributed by atoms with E-state index in [-0.39, 0.29) is 18.3 Å². The molecule has 27 heavy (non-hydrogen) atoms. The van der Waals surface area contributed by atoms with Gasteiger partial charge < -0.3 is 14.0 Å². The molecule has 2 aliphatic rings. The van der Waals surface area contributed by atoms with Crippen LogP contribution >= 0.6 is 0 Å². The molecule has 0 amide bonds. The maximum absolute atomic E-state index is 6.15. The van der Waals surface area contributed by atoms with Crippen LogP contribution in [-0.2, 0) is 9.31 Å². The third kappa shape index (κ3) is 4.69. The molecule has 0 aliphatic carbocycles. The van der Waals surface area contributed by atoms with Gasteiger partial charge in [0.1, 0.15) is 12.4 Å². The van der Waals surface area contributed by atoms with Crippen LogP contribution < -0.4 is 10.2 Å². The molecule has 0 bridgehead atoms. The quantitative estimate of drug-likeness (QED) is 0.736. The van der Waals surface area contributed by atoms with Crippen molar-refractivity contribution in [3.63, 3.8) is 0 Å². The molecule has 0 radical (unpaired) electrons. The minimum Gasteiger partial charge on any atom is -0.492 e. The predicted octanol–water partition coefficient (Wildman–Crippen LogP) is 3.73. The highest BCUT2D eigenvalue weighted by Crippen LogP contribution is 2.36. The van der Waals surface area contributed by atoms with Crippen molar-refractivity contribution in [3.8, 4) is 5.75 Å². The highest BCUT2D eigenvalue weighted by Gasteiger charge is 2.51. The van der Waals surface area contributed by atoms with Gasteiger partial charge in [-0.25, -0.2) is 0 Å². The lowest BCUT2D eigenvalue weighted by Gasteiger charge is -2.32. The lowest BCUT2D eigenvalue weighted by Crippen LogP contribution is -2.41. The van der Waals surface area contributed by atoms with Gasteiger partial charge in [0.15, 0.2) is 0 Å². The highest BCUT2D eigenvalue weighted by molar-refractivity contribution is 6.62. The molecule has 150 valence electrons. The Labute approximate surface area is 165 Å². The first-order valence-corrected chi connectivity index (χ1v) is 10.3. The first-order valence-electron chi connectivity index (χ1n) is 10.3. The van der Waals surface area contributed by atoms with E-state index >= 15 is 0 Å². The van der Waals surface area contributed by atoms with E-state index in [1.165, 1.54) is 19.5 Å². The number of likely N-dealkylation sites (tertiary alicyclic amines) is 1. The van der Waals surface area contributed by atoms with Gasteiger partial charge in [0, 0.05) is 13.1 Å². The molecule has 2 heterocycles. The minimum absolute atomic E-state index is 0.326. The molecule has 0 saturated carbocycles. The summed E-state index contributed by atoms with van der Waals surface area (Å²) in [4.78, 5) is 2.52. The zero-order valence-electron chi connectivity index (χ0n) is 18.2. The maximum Gasteiger partial charge on any atom is 0.494 e. The average molecular weight is 373 g/mol. The van der Waals surface area contributed by atoms with Crippen molar-refractivity contribution in [1.29, 1.82) is 0 Å². The third-order valence-electron chi connectivity index (χ3n) is 6.56. The van der Waals surface area contributed by atoms with Crippen molar-refractivity contribution in [2.45, 2.75) is 66.1 Å². The van der Waals surface area contributed by atoms with Gasteiger partial charge in [-0.1, -0.05) is 32.9 Å². The van der Waals surface area contributed by atoms with E-state index in [1.54, 1.807) is 0 Å². The number of rotatable bonds is 5. The van der Waals surface area contributed by atoms with Crippen molar-refractivity contribution < 1.29 is 14.0 Å². The van der Waals surface area contributed by atoms with Gasteiger partial charge in [-0.3, -0.25) is 4.90 Å². The van der Waals surface area contributed by atoms with E-state index < -0.39 is 0 Å². The second-order valence-corrected chi connectivity index (χ2v) is 10.2. The molecule has 3 rings (SSSR count). The van der Waals surface area contributed by atoms with Gasteiger partial charge in [0.25, 0.3) is 0 Å². The van der Waals surface area contributed by atoms with Gasteiger partial charge in [0.05, 0.1) is 11.2 Å². The normalized spacial score (nSPS) is 25.1. The predicted molar refractivity (Wildman–Crippen MR) is 112 cm³/mol. The first-order chi connectivity index (χ1) is 12.5. The van der Waals surface area contributed by atoms with E-state index in [0.717, 1.165) is 23.7 Å². The zero-order chi connectivity index (χ0) is 19.9.